The van der Waals surface area contributed by atoms with Crippen molar-refractivity contribution in [2.75, 3.05) is 0 Å². The highest BCUT2D eigenvalue weighted by atomic mass is 80.0. The largest absolute Gasteiger partial charge is 0.267 e. The first-order valence-corrected chi connectivity index (χ1v) is 28.8. The van der Waals surface area contributed by atoms with Crippen molar-refractivity contribution >= 4 is 120 Å². The highest BCUT2D eigenvalue weighted by Gasteiger charge is 2.66. The molecule has 0 spiro atoms. The maximum Gasteiger partial charge on any atom is 0.267 e. The summed E-state index contributed by atoms with van der Waals surface area (Å²) in [6.45, 7) is 0. The molecular formula is C6H11Br7Si3. The van der Waals surface area contributed by atoms with Crippen LogP contribution in [0.5, 0.6) is 0 Å². The van der Waals surface area contributed by atoms with Crippen molar-refractivity contribution in [2.24, 2.45) is 0 Å². The van der Waals surface area contributed by atoms with E-state index in [-0.39, 0.29) is 0 Å². The lowest BCUT2D eigenvalue weighted by atomic mass is 10.0. The maximum atomic E-state index is 4.17. The smallest absolute Gasteiger partial charge is 0.126 e. The number of halogens is 7. The first kappa shape index (κ1) is 18.1. The molecule has 0 aliphatic heterocycles. The second-order valence-corrected chi connectivity index (χ2v) is 80.9. The molecule has 0 aromatic carbocycles. The van der Waals surface area contributed by atoms with E-state index in [2.05, 4.69) is 107 Å². The van der Waals surface area contributed by atoms with Crippen LogP contribution in [0.15, 0.2) is 0 Å². The zero-order chi connectivity index (χ0) is 12.6. The second kappa shape index (κ2) is 6.85. The van der Waals surface area contributed by atoms with Crippen LogP contribution in [0, 0.1) is 0 Å². The van der Waals surface area contributed by atoms with Crippen LogP contribution in [0.25, 0.3) is 0 Å². The average Bonchev–Trinajstić information content (AvgIpc) is 2.14. The van der Waals surface area contributed by atoms with Gasteiger partial charge in [-0.05, 0) is 5.54 Å². The Morgan fingerprint density at radius 3 is 1.31 bits per heavy atom. The highest BCUT2D eigenvalue weighted by Crippen LogP contribution is 2.60. The Labute approximate surface area is 154 Å². The van der Waals surface area contributed by atoms with Crippen molar-refractivity contribution in [1.29, 1.82) is 0 Å². The van der Waals surface area contributed by atoms with Gasteiger partial charge in [0.15, 0.2) is 5.73 Å². The summed E-state index contributed by atoms with van der Waals surface area (Å²) < 4.78 is -3.44. The van der Waals surface area contributed by atoms with Crippen molar-refractivity contribution in [2.45, 2.75) is 37.6 Å². The minimum atomic E-state index is -1.72. The van der Waals surface area contributed by atoms with E-state index < -0.39 is 12.6 Å². The van der Waals surface area contributed by atoms with E-state index in [1.165, 1.54) is 32.1 Å². The summed E-state index contributed by atoms with van der Waals surface area (Å²) >= 11 is 27.6. The molecule has 0 saturated heterocycles. The van der Waals surface area contributed by atoms with E-state index in [4.69, 9.17) is 0 Å². The zero-order valence-electron chi connectivity index (χ0n) is 8.26. The van der Waals surface area contributed by atoms with Gasteiger partial charge in [-0.2, -0.15) is 0 Å². The van der Waals surface area contributed by atoms with E-state index >= 15 is 0 Å². The molecule has 0 aromatic heterocycles. The van der Waals surface area contributed by atoms with Gasteiger partial charge in [-0.25, -0.2) is 0 Å². The van der Waals surface area contributed by atoms with E-state index in [1.807, 2.05) is 0 Å². The monoisotopic (exact) mass is 719 g/mol. The van der Waals surface area contributed by atoms with Gasteiger partial charge in [0.25, 0.3) is 6.90 Å². The van der Waals surface area contributed by atoms with Crippen molar-refractivity contribution in [3.63, 3.8) is 0 Å². The normalized spacial score (nSPS) is 21.2. The van der Waals surface area contributed by atoms with E-state index in [0.717, 1.165) is 5.54 Å². The van der Waals surface area contributed by atoms with Crippen LogP contribution in [0.3, 0.4) is 0 Å². The molecule has 0 N–H and O–H groups in total. The van der Waals surface area contributed by atoms with Gasteiger partial charge in [0.05, 0.1) is 0 Å². The number of hydrogen-bond acceptors (Lipinski definition) is 0. The highest BCUT2D eigenvalue weighted by molar-refractivity contribution is 9.83. The topological polar surface area (TPSA) is 0 Å². The SMILES string of the molecule is Br[Si](Br)(Br)[Si](Br)(C1CCCCC1)[Si](Br)(Br)Br. The lowest BCUT2D eigenvalue weighted by molar-refractivity contribution is 0.500. The molecule has 0 aromatic rings. The lowest BCUT2D eigenvalue weighted by Crippen LogP contribution is -2.62. The molecule has 96 valence electrons. The number of rotatable bonds is 3. The fourth-order valence-electron chi connectivity index (χ4n) is 2.12. The van der Waals surface area contributed by atoms with Crippen LogP contribution in [0.2, 0.25) is 5.54 Å². The molecule has 0 amide bonds. The minimum Gasteiger partial charge on any atom is -0.126 e. The van der Waals surface area contributed by atoms with Gasteiger partial charge in [-0.1, -0.05) is 124 Å². The molecular weight excluding hydrogens is 716 g/mol. The fraction of sp³-hybridized carbons (Fsp3) is 1.00. The van der Waals surface area contributed by atoms with E-state index in [1.54, 1.807) is 0 Å². The maximum absolute atomic E-state index is 4.17. The van der Waals surface area contributed by atoms with Crippen LogP contribution in [-0.4, -0.2) is 12.6 Å². The predicted molar refractivity (Wildman–Crippen MR) is 107 cm³/mol. The third-order valence-electron chi connectivity index (χ3n) is 2.99. The number of hydrogen-bond donors (Lipinski definition) is 0. The first-order chi connectivity index (χ1) is 7.11. The third kappa shape index (κ3) is 4.02. The summed E-state index contributed by atoms with van der Waals surface area (Å²) in [4.78, 5) is 0. The third-order valence-corrected chi connectivity index (χ3v) is 115. The van der Waals surface area contributed by atoms with Crippen molar-refractivity contribution < 1.29 is 0 Å². The summed E-state index contributed by atoms with van der Waals surface area (Å²) in [5, 5.41) is 0. The van der Waals surface area contributed by atoms with Crippen LogP contribution in [0.1, 0.15) is 32.1 Å². The van der Waals surface area contributed by atoms with Crippen molar-refractivity contribution in [3.05, 3.63) is 0 Å². The molecule has 1 aliphatic carbocycles. The van der Waals surface area contributed by atoms with Crippen LogP contribution >= 0.6 is 107 Å². The molecule has 0 heterocycles. The quantitative estimate of drug-likeness (QED) is 0.216. The summed E-state index contributed by atoms with van der Waals surface area (Å²) in [6, 6.07) is 0. The molecule has 10 heteroatoms. The van der Waals surface area contributed by atoms with Gasteiger partial charge in [-0.3, -0.25) is 0 Å². The Morgan fingerprint density at radius 2 is 1.00 bits per heavy atom. The van der Waals surface area contributed by atoms with Crippen LogP contribution < -0.4 is 0 Å². The zero-order valence-corrected chi connectivity index (χ0v) is 22.4. The van der Waals surface area contributed by atoms with Crippen LogP contribution in [0.4, 0.5) is 0 Å². The lowest BCUT2D eigenvalue weighted by Gasteiger charge is -2.44. The Bertz CT molecular complexity index is 227. The van der Waals surface area contributed by atoms with Crippen molar-refractivity contribution in [1.82, 2.24) is 0 Å². The van der Waals surface area contributed by atoms with Crippen molar-refractivity contribution in [3.8, 4) is 0 Å². The molecule has 0 radical (unpaired) electrons. The second-order valence-electron chi connectivity index (χ2n) is 4.04. The molecule has 0 unspecified atom stereocenters. The molecule has 1 aliphatic rings. The Balaban J connectivity index is 3.04. The molecule has 0 nitrogen and oxygen atoms in total. The Morgan fingerprint density at radius 1 is 0.625 bits per heavy atom. The standard InChI is InChI=1S/C6H11Br7Si3/c7-14(15(8,9)10,16(11,12)13)6-4-2-1-3-5-6/h6H,1-5H2. The molecule has 1 saturated carbocycles. The summed E-state index contributed by atoms with van der Waals surface area (Å²) in [7, 11) is 0. The van der Waals surface area contributed by atoms with E-state index in [9.17, 15) is 0 Å². The van der Waals surface area contributed by atoms with Crippen LogP contribution in [-0.2, 0) is 0 Å². The minimum absolute atomic E-state index is 0.816. The predicted octanol–water partition coefficient (Wildman–Crippen LogP) is 7.07. The molecule has 0 bridgehead atoms. The van der Waals surface area contributed by atoms with Gasteiger partial charge in [0, 0.05) is 0 Å². The summed E-state index contributed by atoms with van der Waals surface area (Å²) in [5.74, 6) is 0. The van der Waals surface area contributed by atoms with Gasteiger partial charge >= 0.3 is 0 Å². The van der Waals surface area contributed by atoms with E-state index in [0.29, 0.717) is 0 Å². The van der Waals surface area contributed by atoms with Gasteiger partial charge in [-0.15, -0.1) is 15.3 Å². The summed E-state index contributed by atoms with van der Waals surface area (Å²) in [6.07, 6.45) is 6.86. The molecule has 1 rings (SSSR count). The van der Waals surface area contributed by atoms with Gasteiger partial charge < -0.3 is 0 Å². The molecule has 0 atom stereocenters. The Kier molecular flexibility index (Phi) is 7.73. The first-order valence-electron chi connectivity index (χ1n) is 4.93. The molecule has 1 fully saturated rings. The Hall–Kier alpha value is 4.01. The van der Waals surface area contributed by atoms with Gasteiger partial charge in [0.1, 0.15) is 0 Å². The summed E-state index contributed by atoms with van der Waals surface area (Å²) in [5.41, 5.74) is -0.846. The van der Waals surface area contributed by atoms with Gasteiger partial charge in [0.2, 0.25) is 0 Å². The fourth-order valence-corrected chi connectivity index (χ4v) is 145. The molecule has 16 heavy (non-hydrogen) atoms. The average molecular weight is 727 g/mol.